The zero-order valence-corrected chi connectivity index (χ0v) is 12.1. The third-order valence-corrected chi connectivity index (χ3v) is 5.39. The maximum atomic E-state index is 12.5. The van der Waals surface area contributed by atoms with Gasteiger partial charge < -0.3 is 5.32 Å². The van der Waals surface area contributed by atoms with Gasteiger partial charge in [0.2, 0.25) is 5.91 Å². The molecule has 0 aliphatic heterocycles. The Kier molecular flexibility index (Phi) is 3.00. The summed E-state index contributed by atoms with van der Waals surface area (Å²) in [5.74, 6) is 2.91. The van der Waals surface area contributed by atoms with Crippen LogP contribution >= 0.6 is 15.9 Å². The van der Waals surface area contributed by atoms with Gasteiger partial charge in [-0.1, -0.05) is 22.9 Å². The number of carbonyl (C=O) groups is 1. The van der Waals surface area contributed by atoms with E-state index in [9.17, 15) is 4.79 Å². The first kappa shape index (κ1) is 12.0. The van der Waals surface area contributed by atoms with Gasteiger partial charge in [0.15, 0.2) is 0 Å². The van der Waals surface area contributed by atoms with Crippen molar-refractivity contribution in [2.75, 3.05) is 6.54 Å². The van der Waals surface area contributed by atoms with Gasteiger partial charge in [0.25, 0.3) is 0 Å². The summed E-state index contributed by atoms with van der Waals surface area (Å²) in [5, 5.41) is 3.15. The fraction of sp³-hybridized carbons (Fsp3) is 0.929. The van der Waals surface area contributed by atoms with Crippen LogP contribution in [-0.2, 0) is 4.79 Å². The molecule has 0 saturated heterocycles. The molecule has 3 heteroatoms. The largest absolute Gasteiger partial charge is 0.355 e. The van der Waals surface area contributed by atoms with Crippen LogP contribution in [0, 0.1) is 23.2 Å². The Morgan fingerprint density at radius 2 is 1.71 bits per heavy atom. The molecule has 96 valence electrons. The van der Waals surface area contributed by atoms with Crippen LogP contribution in [-0.4, -0.2) is 17.3 Å². The van der Waals surface area contributed by atoms with E-state index in [2.05, 4.69) is 28.2 Å². The van der Waals surface area contributed by atoms with Crippen molar-refractivity contribution in [2.45, 2.75) is 50.3 Å². The topological polar surface area (TPSA) is 29.1 Å². The van der Waals surface area contributed by atoms with Gasteiger partial charge in [-0.15, -0.1) is 0 Å². The van der Waals surface area contributed by atoms with Gasteiger partial charge in [-0.25, -0.2) is 0 Å². The molecule has 4 fully saturated rings. The summed E-state index contributed by atoms with van der Waals surface area (Å²) in [6, 6.07) is 0. The Balaban J connectivity index is 1.71. The molecule has 0 heterocycles. The number of carbonyl (C=O) groups excluding carboxylic acids is 1. The number of nitrogens with one attached hydrogen (secondary N) is 1. The molecule has 4 bridgehead atoms. The molecule has 0 radical (unpaired) electrons. The van der Waals surface area contributed by atoms with Gasteiger partial charge in [-0.2, -0.15) is 0 Å². The van der Waals surface area contributed by atoms with E-state index in [0.717, 1.165) is 24.3 Å². The van der Waals surface area contributed by atoms with Crippen LogP contribution in [0.5, 0.6) is 0 Å². The molecule has 0 aromatic rings. The van der Waals surface area contributed by atoms with Crippen LogP contribution in [0.2, 0.25) is 0 Å². The summed E-state index contributed by atoms with van der Waals surface area (Å²) in [6.07, 6.45) is 7.72. The second-order valence-corrected chi connectivity index (χ2v) is 8.25. The molecular formula is C14H22BrNO. The van der Waals surface area contributed by atoms with Crippen LogP contribution in [0.1, 0.15) is 45.4 Å². The summed E-state index contributed by atoms with van der Waals surface area (Å²) < 4.78 is 0. The standard InChI is InChI=1S/C14H22BrNO/c1-9(15)8-16-13(17)14-5-10-2-11(6-14)4-12(3-10)7-14/h9-12H,2-8H2,1H3,(H,16,17). The Labute approximate surface area is 112 Å². The number of hydrogen-bond donors (Lipinski definition) is 1. The van der Waals surface area contributed by atoms with E-state index in [4.69, 9.17) is 0 Å². The number of halogens is 1. The second-order valence-electron chi connectivity index (χ2n) is 6.69. The van der Waals surface area contributed by atoms with Crippen molar-refractivity contribution in [3.63, 3.8) is 0 Å². The molecular weight excluding hydrogens is 278 g/mol. The van der Waals surface area contributed by atoms with Gasteiger partial charge in [0.1, 0.15) is 0 Å². The highest BCUT2D eigenvalue weighted by molar-refractivity contribution is 9.09. The number of amides is 1. The van der Waals surface area contributed by atoms with Gasteiger partial charge >= 0.3 is 0 Å². The molecule has 0 aromatic heterocycles. The van der Waals surface area contributed by atoms with Crippen molar-refractivity contribution in [1.29, 1.82) is 0 Å². The predicted octanol–water partition coefficient (Wildman–Crippen LogP) is 3.10. The molecule has 0 spiro atoms. The molecule has 4 saturated carbocycles. The Morgan fingerprint density at radius 3 is 2.12 bits per heavy atom. The summed E-state index contributed by atoms with van der Waals surface area (Å²) in [5.41, 5.74) is 0.0244. The van der Waals surface area contributed by atoms with E-state index in [1.807, 2.05) is 0 Å². The highest BCUT2D eigenvalue weighted by Gasteiger charge is 2.54. The summed E-state index contributed by atoms with van der Waals surface area (Å²) in [6.45, 7) is 2.85. The maximum absolute atomic E-state index is 12.5. The zero-order valence-electron chi connectivity index (χ0n) is 10.5. The average Bonchev–Trinajstić information content (AvgIpc) is 2.23. The van der Waals surface area contributed by atoms with Gasteiger partial charge in [-0.05, 0) is 56.3 Å². The molecule has 4 aliphatic carbocycles. The second kappa shape index (κ2) is 4.25. The van der Waals surface area contributed by atoms with Gasteiger partial charge in [-0.3, -0.25) is 4.79 Å². The SMILES string of the molecule is CC(Br)CNC(=O)C12CC3CC(CC(C3)C1)C2. The Morgan fingerprint density at radius 1 is 1.24 bits per heavy atom. The Hall–Kier alpha value is -0.0500. The van der Waals surface area contributed by atoms with E-state index in [0.29, 0.717) is 10.7 Å². The third kappa shape index (κ3) is 2.16. The summed E-state index contributed by atoms with van der Waals surface area (Å²) in [7, 11) is 0. The first-order valence-corrected chi connectivity index (χ1v) is 7.91. The molecule has 1 unspecified atom stereocenters. The summed E-state index contributed by atoms with van der Waals surface area (Å²) >= 11 is 3.50. The minimum absolute atomic E-state index is 0.0244. The van der Waals surface area contributed by atoms with Crippen LogP contribution in [0.3, 0.4) is 0 Å². The number of hydrogen-bond acceptors (Lipinski definition) is 1. The highest BCUT2D eigenvalue weighted by atomic mass is 79.9. The minimum Gasteiger partial charge on any atom is -0.355 e. The molecule has 4 rings (SSSR count). The third-order valence-electron chi connectivity index (χ3n) is 5.06. The van der Waals surface area contributed by atoms with Crippen molar-refractivity contribution in [1.82, 2.24) is 5.32 Å². The van der Waals surface area contributed by atoms with E-state index in [1.165, 1.54) is 38.5 Å². The smallest absolute Gasteiger partial charge is 0.226 e. The molecule has 4 aliphatic rings. The fourth-order valence-electron chi connectivity index (χ4n) is 4.81. The Bertz CT molecular complexity index is 291. The van der Waals surface area contributed by atoms with Crippen LogP contribution in [0.4, 0.5) is 0 Å². The zero-order chi connectivity index (χ0) is 12.0. The van der Waals surface area contributed by atoms with E-state index < -0.39 is 0 Å². The molecule has 1 atom stereocenters. The lowest BCUT2D eigenvalue weighted by Crippen LogP contribution is -2.54. The predicted molar refractivity (Wildman–Crippen MR) is 72.0 cm³/mol. The maximum Gasteiger partial charge on any atom is 0.226 e. The lowest BCUT2D eigenvalue weighted by molar-refractivity contribution is -0.146. The van der Waals surface area contributed by atoms with Crippen molar-refractivity contribution in [3.8, 4) is 0 Å². The molecule has 1 N–H and O–H groups in total. The highest BCUT2D eigenvalue weighted by Crippen LogP contribution is 2.60. The van der Waals surface area contributed by atoms with E-state index >= 15 is 0 Å². The normalized spacial score (nSPS) is 44.7. The quantitative estimate of drug-likeness (QED) is 0.797. The minimum atomic E-state index is 0.0244. The number of alkyl halides is 1. The van der Waals surface area contributed by atoms with Crippen molar-refractivity contribution < 1.29 is 4.79 Å². The first-order valence-electron chi connectivity index (χ1n) is 7.00. The molecule has 0 aromatic carbocycles. The first-order chi connectivity index (χ1) is 8.07. The van der Waals surface area contributed by atoms with Crippen molar-refractivity contribution >= 4 is 21.8 Å². The fourth-order valence-corrected chi connectivity index (χ4v) is 4.97. The molecule has 17 heavy (non-hydrogen) atoms. The lowest BCUT2D eigenvalue weighted by atomic mass is 9.49. The molecule has 2 nitrogen and oxygen atoms in total. The van der Waals surface area contributed by atoms with E-state index in [1.54, 1.807) is 0 Å². The van der Waals surface area contributed by atoms with Crippen LogP contribution in [0.25, 0.3) is 0 Å². The van der Waals surface area contributed by atoms with E-state index in [-0.39, 0.29) is 5.41 Å². The van der Waals surface area contributed by atoms with Gasteiger partial charge in [0, 0.05) is 16.8 Å². The van der Waals surface area contributed by atoms with Gasteiger partial charge in [0.05, 0.1) is 0 Å². The van der Waals surface area contributed by atoms with Crippen molar-refractivity contribution in [2.24, 2.45) is 23.2 Å². The molecule has 1 amide bonds. The average molecular weight is 300 g/mol. The summed E-state index contributed by atoms with van der Waals surface area (Å²) in [4.78, 5) is 12.8. The van der Waals surface area contributed by atoms with Crippen molar-refractivity contribution in [3.05, 3.63) is 0 Å². The lowest BCUT2D eigenvalue weighted by Gasteiger charge is -2.55. The van der Waals surface area contributed by atoms with Crippen LogP contribution in [0.15, 0.2) is 0 Å². The monoisotopic (exact) mass is 299 g/mol. The number of rotatable bonds is 3. The van der Waals surface area contributed by atoms with Crippen LogP contribution < -0.4 is 5.32 Å².